The van der Waals surface area contributed by atoms with Crippen molar-refractivity contribution in [3.05, 3.63) is 170 Å². The maximum atomic E-state index is 13.3. The average molecular weight is 795 g/mol. The van der Waals surface area contributed by atoms with E-state index in [0.717, 1.165) is 62.0 Å². The molecular formula is C39H34N6O9S2. The Balaban J connectivity index is 1.28. The third-order valence-corrected chi connectivity index (χ3v) is 12.4. The number of aromatic hydroxyl groups is 1. The molecule has 7 rings (SSSR count). The highest BCUT2D eigenvalue weighted by molar-refractivity contribution is 7.89. The predicted octanol–water partition coefficient (Wildman–Crippen LogP) is 6.39. The molecule has 2 heterocycles. The molecular weight excluding hydrogens is 761 g/mol. The Morgan fingerprint density at radius 1 is 0.589 bits per heavy atom. The fourth-order valence-electron chi connectivity index (χ4n) is 6.93. The molecule has 17 heteroatoms. The van der Waals surface area contributed by atoms with Crippen molar-refractivity contribution in [2.75, 3.05) is 13.1 Å². The van der Waals surface area contributed by atoms with Crippen LogP contribution in [0.3, 0.4) is 0 Å². The number of phenolic OH excluding ortho intramolecular Hbond substituents is 1. The van der Waals surface area contributed by atoms with Gasteiger partial charge in [-0.2, -0.15) is 0 Å². The van der Waals surface area contributed by atoms with Crippen LogP contribution < -0.4 is 9.44 Å². The van der Waals surface area contributed by atoms with Crippen molar-refractivity contribution in [1.29, 1.82) is 0 Å². The molecule has 0 bridgehead atoms. The van der Waals surface area contributed by atoms with E-state index in [2.05, 4.69) is 19.4 Å². The van der Waals surface area contributed by atoms with E-state index in [4.69, 9.17) is 0 Å². The standard InChI is InChI=1S/C39H34N6O9S2/c46-28-17-15-25(16-18-28)37(38-33(31-11-1-3-13-35(31)42-38)19-21-40-55(51,52)29-9-5-7-26(23-29)44(47)48)39-34(32-12-2-4-14-36(32)43-39)20-22-41-56(53,54)30-10-6-8-27(24-30)45(49)50/h1-18,23-24,37,40-43,46H,19-22H2. The molecule has 286 valence electrons. The van der Waals surface area contributed by atoms with Crippen LogP contribution in [-0.4, -0.2) is 54.8 Å². The first kappa shape index (κ1) is 37.9. The number of nitrogens with one attached hydrogen (secondary N) is 4. The summed E-state index contributed by atoms with van der Waals surface area (Å²) in [6, 6.07) is 31.4. The van der Waals surface area contributed by atoms with Crippen LogP contribution in [0.1, 0.15) is 34.0 Å². The molecule has 5 aromatic carbocycles. The molecule has 15 nitrogen and oxygen atoms in total. The highest BCUT2D eigenvalue weighted by Gasteiger charge is 2.29. The number of hydrogen-bond donors (Lipinski definition) is 5. The number of H-pyrrole nitrogens is 2. The summed E-state index contributed by atoms with van der Waals surface area (Å²) >= 11 is 0. The second kappa shape index (κ2) is 15.4. The summed E-state index contributed by atoms with van der Waals surface area (Å²) in [6.07, 6.45) is 0.418. The zero-order valence-corrected chi connectivity index (χ0v) is 31.0. The number of fused-ring (bicyclic) bond motifs is 2. The Hall–Kier alpha value is -6.40. The molecule has 0 radical (unpaired) electrons. The van der Waals surface area contributed by atoms with Gasteiger partial charge in [0.25, 0.3) is 11.4 Å². The van der Waals surface area contributed by atoms with Gasteiger partial charge in [-0.15, -0.1) is 0 Å². The monoisotopic (exact) mass is 794 g/mol. The number of nitrogens with zero attached hydrogens (tertiary/aromatic N) is 2. The van der Waals surface area contributed by atoms with Crippen LogP contribution in [0, 0.1) is 20.2 Å². The first-order valence-corrected chi connectivity index (χ1v) is 20.2. The molecule has 0 saturated heterocycles. The van der Waals surface area contributed by atoms with Gasteiger partial charge in [-0.05, 0) is 65.9 Å². The van der Waals surface area contributed by atoms with E-state index in [1.807, 2.05) is 48.5 Å². The Kier molecular flexibility index (Phi) is 10.4. The lowest BCUT2D eigenvalue weighted by Crippen LogP contribution is -2.26. The number of nitro benzene ring substituents is 2. The van der Waals surface area contributed by atoms with Crippen molar-refractivity contribution in [1.82, 2.24) is 19.4 Å². The van der Waals surface area contributed by atoms with Crippen LogP contribution in [0.5, 0.6) is 5.75 Å². The third-order valence-electron chi connectivity index (χ3n) is 9.51. The lowest BCUT2D eigenvalue weighted by molar-refractivity contribution is -0.385. The molecule has 56 heavy (non-hydrogen) atoms. The number of aromatic nitrogens is 2. The number of non-ortho nitro benzene ring substituents is 2. The lowest BCUT2D eigenvalue weighted by atomic mass is 9.86. The van der Waals surface area contributed by atoms with E-state index in [-0.39, 0.29) is 52.8 Å². The smallest absolute Gasteiger partial charge is 0.270 e. The Morgan fingerprint density at radius 2 is 1.02 bits per heavy atom. The summed E-state index contributed by atoms with van der Waals surface area (Å²) in [5.74, 6) is -0.519. The quantitative estimate of drug-likeness (QED) is 0.0571. The number of benzene rings is 5. The zero-order chi connectivity index (χ0) is 39.6. The van der Waals surface area contributed by atoms with Crippen molar-refractivity contribution in [3.8, 4) is 5.75 Å². The summed E-state index contributed by atoms with van der Waals surface area (Å²) in [5, 5.41) is 34.6. The number of hydrogen-bond acceptors (Lipinski definition) is 9. The van der Waals surface area contributed by atoms with Crippen molar-refractivity contribution in [2.24, 2.45) is 0 Å². The number of rotatable bonds is 15. The Bertz CT molecular complexity index is 2660. The number of aromatic amines is 2. The normalized spacial score (nSPS) is 12.1. The number of nitro groups is 2. The van der Waals surface area contributed by atoms with Crippen molar-refractivity contribution in [3.63, 3.8) is 0 Å². The minimum atomic E-state index is -4.13. The molecule has 0 aliphatic rings. The van der Waals surface area contributed by atoms with Crippen LogP contribution >= 0.6 is 0 Å². The van der Waals surface area contributed by atoms with Crippen LogP contribution in [0.2, 0.25) is 0 Å². The second-order valence-corrected chi connectivity index (χ2v) is 16.5. The van der Waals surface area contributed by atoms with Gasteiger partial charge in [0, 0.05) is 70.5 Å². The van der Waals surface area contributed by atoms with Gasteiger partial charge in [-0.25, -0.2) is 26.3 Å². The van der Waals surface area contributed by atoms with E-state index in [1.165, 1.54) is 36.4 Å². The Labute approximate surface area is 320 Å². The van der Waals surface area contributed by atoms with E-state index in [0.29, 0.717) is 0 Å². The molecule has 0 atom stereocenters. The van der Waals surface area contributed by atoms with Gasteiger partial charge in [-0.1, -0.05) is 60.7 Å². The van der Waals surface area contributed by atoms with E-state index < -0.39 is 35.8 Å². The second-order valence-electron chi connectivity index (χ2n) is 13.0. The molecule has 0 aliphatic carbocycles. The molecule has 0 unspecified atom stereocenters. The van der Waals surface area contributed by atoms with Crippen LogP contribution in [-0.2, 0) is 32.9 Å². The first-order valence-electron chi connectivity index (χ1n) is 17.3. The largest absolute Gasteiger partial charge is 0.508 e. The molecule has 0 saturated carbocycles. The van der Waals surface area contributed by atoms with Crippen LogP contribution in [0.25, 0.3) is 21.8 Å². The maximum absolute atomic E-state index is 13.3. The fraction of sp³-hybridized carbons (Fsp3) is 0.128. The highest BCUT2D eigenvalue weighted by atomic mass is 32.2. The topological polar surface area (TPSA) is 230 Å². The van der Waals surface area contributed by atoms with Gasteiger partial charge in [0.15, 0.2) is 0 Å². The summed E-state index contributed by atoms with van der Waals surface area (Å²) in [7, 11) is -8.25. The highest BCUT2D eigenvalue weighted by Crippen LogP contribution is 2.40. The van der Waals surface area contributed by atoms with Gasteiger partial charge >= 0.3 is 0 Å². The van der Waals surface area contributed by atoms with Crippen molar-refractivity contribution in [2.45, 2.75) is 28.6 Å². The van der Waals surface area contributed by atoms with Gasteiger partial charge in [0.05, 0.1) is 25.6 Å². The molecule has 0 fully saturated rings. The first-order chi connectivity index (χ1) is 26.8. The zero-order valence-electron chi connectivity index (χ0n) is 29.4. The molecule has 2 aromatic heterocycles. The van der Waals surface area contributed by atoms with Crippen LogP contribution in [0.4, 0.5) is 11.4 Å². The van der Waals surface area contributed by atoms with Crippen molar-refractivity contribution < 1.29 is 31.8 Å². The van der Waals surface area contributed by atoms with E-state index in [1.54, 1.807) is 24.3 Å². The summed E-state index contributed by atoms with van der Waals surface area (Å²) < 4.78 is 58.4. The number of phenols is 1. The lowest BCUT2D eigenvalue weighted by Gasteiger charge is -2.21. The minimum Gasteiger partial charge on any atom is -0.508 e. The SMILES string of the molecule is O=[N+]([O-])c1cccc(S(=O)(=O)NCCc2c(C(c3ccc(O)cc3)c3[nH]c4ccccc4c3CCNS(=O)(=O)c3cccc([N+](=O)[O-])c3)[nH]c3ccccc23)c1. The molecule has 0 amide bonds. The minimum absolute atomic E-state index is 0.0485. The van der Waals surface area contributed by atoms with Crippen LogP contribution in [0.15, 0.2) is 131 Å². The van der Waals surface area contributed by atoms with Gasteiger partial charge in [-0.3, -0.25) is 20.2 Å². The summed E-state index contributed by atoms with van der Waals surface area (Å²) in [5.41, 5.74) is 4.64. The number of para-hydroxylation sites is 2. The predicted molar refractivity (Wildman–Crippen MR) is 210 cm³/mol. The van der Waals surface area contributed by atoms with Gasteiger partial charge in [0.2, 0.25) is 20.0 Å². The Morgan fingerprint density at radius 3 is 1.45 bits per heavy atom. The average Bonchev–Trinajstić information content (AvgIpc) is 3.73. The fourth-order valence-corrected chi connectivity index (χ4v) is 9.08. The maximum Gasteiger partial charge on any atom is 0.270 e. The summed E-state index contributed by atoms with van der Waals surface area (Å²) in [6.45, 7) is -0.109. The van der Waals surface area contributed by atoms with Gasteiger partial charge in [0.1, 0.15) is 5.75 Å². The molecule has 7 aromatic rings. The molecule has 5 N–H and O–H groups in total. The van der Waals surface area contributed by atoms with Crippen molar-refractivity contribution >= 4 is 53.2 Å². The van der Waals surface area contributed by atoms with E-state index >= 15 is 0 Å². The molecule has 0 spiro atoms. The third kappa shape index (κ3) is 7.74. The number of sulfonamides is 2. The summed E-state index contributed by atoms with van der Waals surface area (Å²) in [4.78, 5) is 28.0. The molecule has 0 aliphatic heterocycles. The van der Waals surface area contributed by atoms with Gasteiger partial charge < -0.3 is 15.1 Å². The van der Waals surface area contributed by atoms with E-state index in [9.17, 15) is 42.2 Å².